The fraction of sp³-hybridized carbons (Fsp3) is 0.383. The normalized spacial score (nSPS) is 16.0. The van der Waals surface area contributed by atoms with Crippen LogP contribution in [0.5, 0.6) is 5.75 Å². The number of rotatable bonds is 15. The Morgan fingerprint density at radius 2 is 1.82 bits per heavy atom. The van der Waals surface area contributed by atoms with Crippen molar-refractivity contribution in [1.82, 2.24) is 40.6 Å². The number of methoxy groups -OCH3 is 1. The lowest BCUT2D eigenvalue weighted by Gasteiger charge is -2.35. The lowest BCUT2D eigenvalue weighted by molar-refractivity contribution is -0.144. The lowest BCUT2D eigenvalue weighted by atomic mass is 9.85. The number of carbonyl (C=O) groups is 4. The van der Waals surface area contributed by atoms with Crippen molar-refractivity contribution in [3.63, 3.8) is 0 Å². The number of hydrogen-bond donors (Lipinski definition) is 4. The number of amides is 4. The van der Waals surface area contributed by atoms with Crippen LogP contribution in [0.4, 0.5) is 5.69 Å². The first-order chi connectivity index (χ1) is 29.9. The molecule has 62 heavy (non-hydrogen) atoms. The molecule has 14 nitrogen and oxygen atoms in total. The molecular formula is C47H55N9O5S. The number of likely N-dealkylation sites (tertiary alicyclic amines) is 1. The van der Waals surface area contributed by atoms with Gasteiger partial charge in [0.15, 0.2) is 0 Å². The molecule has 7 rings (SSSR count). The van der Waals surface area contributed by atoms with Crippen LogP contribution in [-0.2, 0) is 20.9 Å². The Labute approximate surface area is 366 Å². The Bertz CT molecular complexity index is 2400. The van der Waals surface area contributed by atoms with E-state index in [1.807, 2.05) is 81.7 Å². The second-order valence-corrected chi connectivity index (χ2v) is 17.7. The topological polar surface area (TPSA) is 175 Å². The maximum absolute atomic E-state index is 14.1. The number of nitrogens with one attached hydrogen (secondary N) is 4. The molecule has 1 fully saturated rings. The van der Waals surface area contributed by atoms with Crippen molar-refractivity contribution in [2.24, 2.45) is 5.41 Å². The van der Waals surface area contributed by atoms with Crippen molar-refractivity contribution < 1.29 is 23.9 Å². The predicted octanol–water partition coefficient (Wildman–Crippen LogP) is 6.87. The minimum Gasteiger partial charge on any atom is -0.495 e. The second-order valence-electron chi connectivity index (χ2n) is 16.9. The van der Waals surface area contributed by atoms with Crippen LogP contribution in [0.1, 0.15) is 80.2 Å². The fourth-order valence-electron chi connectivity index (χ4n) is 7.97. The minimum atomic E-state index is -0.776. The quantitative estimate of drug-likeness (QED) is 0.0876. The Hall–Kier alpha value is -6.19. The number of carbonyl (C=O) groups excluding carboxylic acids is 4. The molecule has 15 heteroatoms. The first-order valence-corrected chi connectivity index (χ1v) is 22.0. The summed E-state index contributed by atoms with van der Waals surface area (Å²) in [5, 5.41) is 15.9. The molecule has 0 bridgehead atoms. The number of hydrogen-bond acceptors (Lipinski definition) is 10. The van der Waals surface area contributed by atoms with Crippen molar-refractivity contribution in [3.05, 3.63) is 107 Å². The third kappa shape index (κ3) is 10.6. The summed E-state index contributed by atoms with van der Waals surface area (Å²) in [6, 6.07) is 19.5. The van der Waals surface area contributed by atoms with E-state index in [9.17, 15) is 19.2 Å². The van der Waals surface area contributed by atoms with Crippen molar-refractivity contribution in [1.29, 1.82) is 0 Å². The molecule has 0 spiro atoms. The highest BCUT2D eigenvalue weighted by molar-refractivity contribution is 7.13. The number of aryl methyl sites for hydroxylation is 1. The zero-order chi connectivity index (χ0) is 43.8. The van der Waals surface area contributed by atoms with Gasteiger partial charge in [-0.05, 0) is 97.2 Å². The minimum absolute atomic E-state index is 0.186. The van der Waals surface area contributed by atoms with E-state index >= 15 is 0 Å². The SMILES string of the molecule is COc1cc(C2=CCCN(CCCC(=O)N[C@H](C(=O)N3CCC[C@H]3C(=O)NCc3ccc(-c4scnc4C)cc3)C(C)(C)C)C2)ccc1NC(=O)c1cccc(-c2ccn[nH]2)n1. The van der Waals surface area contributed by atoms with Gasteiger partial charge in [0.25, 0.3) is 5.91 Å². The Morgan fingerprint density at radius 1 is 1.02 bits per heavy atom. The molecule has 4 N–H and O–H groups in total. The van der Waals surface area contributed by atoms with Crippen LogP contribution in [0.3, 0.4) is 0 Å². The standard InChI is InChI=1S/C47H55N9O5S/c1-30-42(62-29-49-30)32-17-15-31(16-18-32)27-48-45(59)39-13-8-25-56(39)46(60)43(47(2,3)4)53-41(57)14-9-24-55-23-7-10-34(28-55)33-19-20-37(40(26-33)61-5)52-44(58)38-12-6-11-35(51-38)36-21-22-50-54-36/h6,10-12,15-22,26,29,39,43H,7-9,13-14,23-25,27-28H2,1-5H3,(H,48,59)(H,50,54)(H,52,58)(H,53,57)/t39-,43+/m0/s1. The molecular weight excluding hydrogens is 803 g/mol. The summed E-state index contributed by atoms with van der Waals surface area (Å²) < 4.78 is 5.70. The number of thiazole rings is 1. The van der Waals surface area contributed by atoms with E-state index in [0.717, 1.165) is 52.2 Å². The highest BCUT2D eigenvalue weighted by atomic mass is 32.1. The molecule has 5 heterocycles. The average Bonchev–Trinajstić information content (AvgIpc) is 4.08. The van der Waals surface area contributed by atoms with Gasteiger partial charge >= 0.3 is 0 Å². The summed E-state index contributed by atoms with van der Waals surface area (Å²) >= 11 is 1.60. The van der Waals surface area contributed by atoms with E-state index in [4.69, 9.17) is 4.74 Å². The number of H-pyrrole nitrogens is 1. The smallest absolute Gasteiger partial charge is 0.274 e. The number of pyridine rings is 1. The van der Waals surface area contributed by atoms with E-state index in [1.165, 1.54) is 0 Å². The molecule has 1 saturated heterocycles. The van der Waals surface area contributed by atoms with Crippen molar-refractivity contribution in [2.75, 3.05) is 38.6 Å². The van der Waals surface area contributed by atoms with Crippen LogP contribution in [0, 0.1) is 12.3 Å². The molecule has 5 aromatic rings. The van der Waals surface area contributed by atoms with Gasteiger partial charge < -0.3 is 25.6 Å². The first kappa shape index (κ1) is 43.9. The van der Waals surface area contributed by atoms with Crippen LogP contribution in [0.15, 0.2) is 84.5 Å². The average molecular weight is 858 g/mol. The lowest BCUT2D eigenvalue weighted by Crippen LogP contribution is -2.57. The molecule has 0 saturated carbocycles. The molecule has 2 aromatic carbocycles. The van der Waals surface area contributed by atoms with E-state index < -0.39 is 17.5 Å². The molecule has 0 aliphatic carbocycles. The predicted molar refractivity (Wildman–Crippen MR) is 241 cm³/mol. The zero-order valence-electron chi connectivity index (χ0n) is 36.0. The summed E-state index contributed by atoms with van der Waals surface area (Å²) in [6.45, 7) is 10.9. The number of aromatic amines is 1. The molecule has 3 aromatic heterocycles. The maximum Gasteiger partial charge on any atom is 0.274 e. The number of anilines is 1. The maximum atomic E-state index is 14.1. The third-order valence-electron chi connectivity index (χ3n) is 11.4. The van der Waals surface area contributed by atoms with Crippen molar-refractivity contribution >= 4 is 46.2 Å². The molecule has 2 atom stereocenters. The summed E-state index contributed by atoms with van der Waals surface area (Å²) in [6.07, 6.45) is 6.88. The largest absolute Gasteiger partial charge is 0.495 e. The molecule has 4 amide bonds. The molecule has 2 aliphatic rings. The zero-order valence-corrected chi connectivity index (χ0v) is 36.8. The van der Waals surface area contributed by atoms with Gasteiger partial charge in [0.2, 0.25) is 17.7 Å². The van der Waals surface area contributed by atoms with Gasteiger partial charge in [-0.3, -0.25) is 29.2 Å². The van der Waals surface area contributed by atoms with Crippen LogP contribution in [0.2, 0.25) is 0 Å². The first-order valence-electron chi connectivity index (χ1n) is 21.1. The third-order valence-corrected chi connectivity index (χ3v) is 12.3. The van der Waals surface area contributed by atoms with Crippen molar-refractivity contribution in [3.8, 4) is 27.6 Å². The van der Waals surface area contributed by atoms with E-state index in [2.05, 4.69) is 47.1 Å². The summed E-state index contributed by atoms with van der Waals surface area (Å²) in [7, 11) is 1.57. The van der Waals surface area contributed by atoms with Gasteiger partial charge in [-0.2, -0.15) is 5.10 Å². The monoisotopic (exact) mass is 857 g/mol. The molecule has 324 valence electrons. The number of benzene rings is 2. The highest BCUT2D eigenvalue weighted by Crippen LogP contribution is 2.32. The van der Waals surface area contributed by atoms with Gasteiger partial charge in [0.05, 0.1) is 40.3 Å². The summed E-state index contributed by atoms with van der Waals surface area (Å²) in [5.74, 6) is -0.426. The number of ether oxygens (including phenoxy) is 1. The Kier molecular flexibility index (Phi) is 13.9. The van der Waals surface area contributed by atoms with Gasteiger partial charge in [0.1, 0.15) is 23.5 Å². The van der Waals surface area contributed by atoms with E-state index in [0.29, 0.717) is 61.8 Å². The van der Waals surface area contributed by atoms with Gasteiger partial charge in [0, 0.05) is 38.8 Å². The Balaban J connectivity index is 0.888. The van der Waals surface area contributed by atoms with Gasteiger partial charge in [-0.1, -0.05) is 63.2 Å². The van der Waals surface area contributed by atoms with Crippen molar-refractivity contribution in [2.45, 2.75) is 78.4 Å². The van der Waals surface area contributed by atoms with Crippen LogP contribution >= 0.6 is 11.3 Å². The van der Waals surface area contributed by atoms with E-state index in [-0.39, 0.29) is 35.7 Å². The number of nitrogens with zero attached hydrogens (tertiary/aromatic N) is 5. The highest BCUT2D eigenvalue weighted by Gasteiger charge is 2.41. The fourth-order valence-corrected chi connectivity index (χ4v) is 8.78. The van der Waals surface area contributed by atoms with Crippen LogP contribution < -0.4 is 20.7 Å². The molecule has 2 aliphatic heterocycles. The number of aromatic nitrogens is 4. The second kappa shape index (κ2) is 19.7. The summed E-state index contributed by atoms with van der Waals surface area (Å²) in [5.41, 5.74) is 8.57. The van der Waals surface area contributed by atoms with Gasteiger partial charge in [-0.25, -0.2) is 9.97 Å². The van der Waals surface area contributed by atoms with Gasteiger partial charge in [-0.15, -0.1) is 11.3 Å². The summed E-state index contributed by atoms with van der Waals surface area (Å²) in [4.78, 5) is 68.1. The molecule has 0 unspecified atom stereocenters. The Morgan fingerprint density at radius 3 is 2.55 bits per heavy atom. The van der Waals surface area contributed by atoms with Crippen LogP contribution in [0.25, 0.3) is 27.4 Å². The van der Waals surface area contributed by atoms with E-state index in [1.54, 1.807) is 47.7 Å². The molecule has 0 radical (unpaired) electrons. The van der Waals surface area contributed by atoms with Crippen LogP contribution in [-0.4, -0.2) is 99.0 Å².